The first-order valence-electron chi connectivity index (χ1n) is 7.78. The number of aromatic nitrogens is 1. The van der Waals surface area contributed by atoms with E-state index in [0.717, 1.165) is 6.42 Å². The molecule has 126 valence electrons. The number of amides is 1. The molecule has 0 bridgehead atoms. The maximum absolute atomic E-state index is 12.6. The van der Waals surface area contributed by atoms with E-state index >= 15 is 0 Å². The van der Waals surface area contributed by atoms with Crippen molar-refractivity contribution in [3.05, 3.63) is 27.9 Å². The van der Waals surface area contributed by atoms with Crippen LogP contribution in [0.2, 0.25) is 0 Å². The van der Waals surface area contributed by atoms with Crippen molar-refractivity contribution in [2.24, 2.45) is 5.92 Å². The molecular formula is C16H22N2O4S. The van der Waals surface area contributed by atoms with Crippen LogP contribution in [0.4, 0.5) is 0 Å². The summed E-state index contributed by atoms with van der Waals surface area (Å²) < 4.78 is 0. The molecule has 23 heavy (non-hydrogen) atoms. The van der Waals surface area contributed by atoms with Crippen molar-refractivity contribution in [2.75, 3.05) is 0 Å². The molecule has 1 aromatic heterocycles. The quantitative estimate of drug-likeness (QED) is 0.797. The lowest BCUT2D eigenvalue weighted by atomic mass is 9.95. The van der Waals surface area contributed by atoms with Gasteiger partial charge in [0.05, 0.1) is 0 Å². The molecule has 2 N–H and O–H groups in total. The van der Waals surface area contributed by atoms with E-state index in [1.807, 2.05) is 20.8 Å². The molecule has 7 heteroatoms. The number of hydrogen-bond donors (Lipinski definition) is 2. The highest BCUT2D eigenvalue weighted by Crippen LogP contribution is 2.43. The molecule has 2 rings (SSSR count). The second kappa shape index (κ2) is 7.12. The monoisotopic (exact) mass is 338 g/mol. The average molecular weight is 338 g/mol. The van der Waals surface area contributed by atoms with Crippen molar-refractivity contribution in [2.45, 2.75) is 52.1 Å². The Labute approximate surface area is 139 Å². The first-order chi connectivity index (χ1) is 10.9. The van der Waals surface area contributed by atoms with E-state index in [9.17, 15) is 19.8 Å². The maximum Gasteiger partial charge on any atom is 0.326 e. The molecule has 6 nitrogen and oxygen atoms in total. The summed E-state index contributed by atoms with van der Waals surface area (Å²) in [4.78, 5) is 29.8. The summed E-state index contributed by atoms with van der Waals surface area (Å²) in [5.74, 6) is -2.08. The SMILES string of the molecule is CCCCC(C(=O)O)N1C(=O)C(O)=C(C(C)C)C1c1nccs1. The van der Waals surface area contributed by atoms with Gasteiger partial charge in [0.25, 0.3) is 5.91 Å². The van der Waals surface area contributed by atoms with Crippen molar-refractivity contribution >= 4 is 23.2 Å². The molecule has 1 aromatic rings. The van der Waals surface area contributed by atoms with Crippen LogP contribution in [0.25, 0.3) is 0 Å². The zero-order valence-electron chi connectivity index (χ0n) is 13.5. The fourth-order valence-electron chi connectivity index (χ4n) is 2.95. The summed E-state index contributed by atoms with van der Waals surface area (Å²) in [6, 6.07) is -1.56. The molecule has 1 amide bonds. The van der Waals surface area contributed by atoms with Crippen LogP contribution in [0.15, 0.2) is 22.9 Å². The van der Waals surface area contributed by atoms with Crippen LogP contribution in [0, 0.1) is 5.92 Å². The van der Waals surface area contributed by atoms with Crippen molar-refractivity contribution < 1.29 is 19.8 Å². The number of carbonyl (C=O) groups excluding carboxylic acids is 1. The van der Waals surface area contributed by atoms with Gasteiger partial charge in [0, 0.05) is 17.2 Å². The summed E-state index contributed by atoms with van der Waals surface area (Å²) in [6.07, 6.45) is 3.52. The Morgan fingerprint density at radius 1 is 1.48 bits per heavy atom. The smallest absolute Gasteiger partial charge is 0.326 e. The van der Waals surface area contributed by atoms with Gasteiger partial charge in [0.15, 0.2) is 5.76 Å². The lowest BCUT2D eigenvalue weighted by Crippen LogP contribution is -2.44. The molecule has 1 aliphatic heterocycles. The number of carboxylic acids is 1. The number of aliphatic hydroxyl groups is 1. The van der Waals surface area contributed by atoms with Crippen LogP contribution in [-0.2, 0) is 9.59 Å². The molecule has 2 heterocycles. The van der Waals surface area contributed by atoms with E-state index < -0.39 is 24.0 Å². The largest absolute Gasteiger partial charge is 0.503 e. The van der Waals surface area contributed by atoms with E-state index in [-0.39, 0.29) is 11.7 Å². The number of aliphatic hydroxyl groups excluding tert-OH is 1. The number of nitrogens with zero attached hydrogens (tertiary/aromatic N) is 2. The molecule has 0 aliphatic carbocycles. The van der Waals surface area contributed by atoms with E-state index in [4.69, 9.17) is 0 Å². The summed E-state index contributed by atoms with van der Waals surface area (Å²) in [5.41, 5.74) is 0.549. The molecule has 0 fully saturated rings. The molecule has 0 saturated carbocycles. The second-order valence-electron chi connectivity index (χ2n) is 5.94. The van der Waals surface area contributed by atoms with Crippen molar-refractivity contribution in [3.8, 4) is 0 Å². The van der Waals surface area contributed by atoms with Crippen molar-refractivity contribution in [1.82, 2.24) is 9.88 Å². The second-order valence-corrected chi connectivity index (χ2v) is 6.87. The number of carboxylic acid groups (broad SMARTS) is 1. The third-order valence-corrected chi connectivity index (χ3v) is 4.87. The van der Waals surface area contributed by atoms with Gasteiger partial charge in [-0.15, -0.1) is 11.3 Å². The third-order valence-electron chi connectivity index (χ3n) is 4.04. The topological polar surface area (TPSA) is 90.7 Å². The van der Waals surface area contributed by atoms with Crippen LogP contribution >= 0.6 is 11.3 Å². The Morgan fingerprint density at radius 2 is 2.17 bits per heavy atom. The molecule has 1 aliphatic rings. The molecule has 2 atom stereocenters. The summed E-state index contributed by atoms with van der Waals surface area (Å²) in [5, 5.41) is 22.3. The normalized spacial score (nSPS) is 19.7. The minimum absolute atomic E-state index is 0.0847. The molecule has 0 aromatic carbocycles. The number of rotatable bonds is 7. The number of thiazole rings is 1. The summed E-state index contributed by atoms with van der Waals surface area (Å²) in [6.45, 7) is 5.73. The predicted octanol–water partition coefficient (Wildman–Crippen LogP) is 3.14. The van der Waals surface area contributed by atoms with Crippen LogP contribution in [-0.4, -0.2) is 38.0 Å². The highest BCUT2D eigenvalue weighted by molar-refractivity contribution is 7.09. The van der Waals surface area contributed by atoms with Gasteiger partial charge in [-0.05, 0) is 12.3 Å². The Morgan fingerprint density at radius 3 is 2.65 bits per heavy atom. The number of hydrogen-bond acceptors (Lipinski definition) is 5. The number of unbranched alkanes of at least 4 members (excludes halogenated alkanes) is 1. The molecule has 0 radical (unpaired) electrons. The van der Waals surface area contributed by atoms with Gasteiger partial charge in [0.2, 0.25) is 0 Å². The Hall–Kier alpha value is -1.89. The number of carbonyl (C=O) groups is 2. The third kappa shape index (κ3) is 3.24. The molecule has 0 spiro atoms. The van der Waals surface area contributed by atoms with Crippen molar-refractivity contribution in [3.63, 3.8) is 0 Å². The summed E-state index contributed by atoms with van der Waals surface area (Å²) in [7, 11) is 0. The zero-order chi connectivity index (χ0) is 17.1. The average Bonchev–Trinajstić information content (AvgIpc) is 3.08. The highest BCUT2D eigenvalue weighted by atomic mass is 32.1. The van der Waals surface area contributed by atoms with Gasteiger partial charge < -0.3 is 15.1 Å². The molecule has 2 unspecified atom stereocenters. The Bertz CT molecular complexity index is 610. The first-order valence-corrected chi connectivity index (χ1v) is 8.65. The summed E-state index contributed by atoms with van der Waals surface area (Å²) >= 11 is 1.36. The lowest BCUT2D eigenvalue weighted by Gasteiger charge is -2.31. The van der Waals surface area contributed by atoms with Gasteiger partial charge in [-0.1, -0.05) is 33.6 Å². The van der Waals surface area contributed by atoms with Crippen LogP contribution in [0.3, 0.4) is 0 Å². The molecule has 0 saturated heterocycles. The fraction of sp³-hybridized carbons (Fsp3) is 0.562. The first kappa shape index (κ1) is 17.5. The van der Waals surface area contributed by atoms with Gasteiger partial charge >= 0.3 is 5.97 Å². The standard InChI is InChI=1S/C16H22N2O4S/c1-4-5-6-10(16(21)22)18-12(14-17-7-8-23-14)11(9(2)3)13(19)15(18)20/h7-10,12,19H,4-6H2,1-3H3,(H,21,22). The lowest BCUT2D eigenvalue weighted by molar-refractivity contribution is -0.150. The van der Waals surface area contributed by atoms with Crippen LogP contribution in [0.5, 0.6) is 0 Å². The van der Waals surface area contributed by atoms with E-state index in [0.29, 0.717) is 23.4 Å². The maximum atomic E-state index is 12.6. The van der Waals surface area contributed by atoms with Crippen molar-refractivity contribution in [1.29, 1.82) is 0 Å². The minimum Gasteiger partial charge on any atom is -0.503 e. The molecular weight excluding hydrogens is 316 g/mol. The van der Waals surface area contributed by atoms with Crippen LogP contribution in [0.1, 0.15) is 51.1 Å². The van der Waals surface area contributed by atoms with E-state index in [1.54, 1.807) is 11.6 Å². The Balaban J connectivity index is 2.48. The minimum atomic E-state index is -1.05. The zero-order valence-corrected chi connectivity index (χ0v) is 14.3. The van der Waals surface area contributed by atoms with E-state index in [1.165, 1.54) is 16.2 Å². The van der Waals surface area contributed by atoms with Crippen LogP contribution < -0.4 is 0 Å². The number of aliphatic carboxylic acids is 1. The van der Waals surface area contributed by atoms with Gasteiger partial charge in [-0.2, -0.15) is 0 Å². The van der Waals surface area contributed by atoms with Gasteiger partial charge in [-0.25, -0.2) is 9.78 Å². The van der Waals surface area contributed by atoms with Gasteiger partial charge in [0.1, 0.15) is 17.1 Å². The predicted molar refractivity (Wildman–Crippen MR) is 87.1 cm³/mol. The Kier molecular flexibility index (Phi) is 5.41. The highest BCUT2D eigenvalue weighted by Gasteiger charge is 2.47. The fourth-order valence-corrected chi connectivity index (χ4v) is 3.71. The van der Waals surface area contributed by atoms with E-state index in [2.05, 4.69) is 4.98 Å². The van der Waals surface area contributed by atoms with Gasteiger partial charge in [-0.3, -0.25) is 4.79 Å².